The maximum absolute atomic E-state index is 12.7. The minimum Gasteiger partial charge on any atom is -0.342 e. The van der Waals surface area contributed by atoms with Crippen LogP contribution in [0.5, 0.6) is 0 Å². The molecule has 0 unspecified atom stereocenters. The normalized spacial score (nSPS) is 14.9. The smallest absolute Gasteiger partial charge is 0.254 e. The van der Waals surface area contributed by atoms with E-state index in [1.54, 1.807) is 30.1 Å². The molecule has 0 spiro atoms. The molecule has 6 nitrogen and oxygen atoms in total. The first-order valence-electron chi connectivity index (χ1n) is 8.68. The Morgan fingerprint density at radius 2 is 2.08 bits per heavy atom. The fourth-order valence-electron chi connectivity index (χ4n) is 2.68. The number of carbonyl (C=O) groups is 1. The Hall–Kier alpha value is -1.70. The van der Waals surface area contributed by atoms with Crippen LogP contribution in [-0.4, -0.2) is 52.5 Å². The zero-order valence-electron chi connectivity index (χ0n) is 14.9. The zero-order valence-corrected chi connectivity index (χ0v) is 15.7. The zero-order chi connectivity index (χ0) is 18.3. The van der Waals surface area contributed by atoms with Gasteiger partial charge < -0.3 is 10.2 Å². The summed E-state index contributed by atoms with van der Waals surface area (Å²) in [5.74, 6) is -0.268. The Bertz CT molecular complexity index is 729. The Labute approximate surface area is 150 Å². The molecule has 0 atom stereocenters. The third-order valence-corrected chi connectivity index (χ3v) is 5.71. The van der Waals surface area contributed by atoms with Crippen molar-refractivity contribution in [2.75, 3.05) is 33.2 Å². The highest BCUT2D eigenvalue weighted by Gasteiger charge is 2.24. The van der Waals surface area contributed by atoms with Gasteiger partial charge in [0.25, 0.3) is 5.91 Å². The van der Waals surface area contributed by atoms with E-state index in [0.717, 1.165) is 37.9 Å². The van der Waals surface area contributed by atoms with E-state index in [1.807, 2.05) is 6.08 Å². The lowest BCUT2D eigenvalue weighted by molar-refractivity contribution is 0.0789. The molecule has 1 amide bonds. The number of rotatable bonds is 8. The molecule has 0 radical (unpaired) electrons. The molecule has 1 aliphatic rings. The van der Waals surface area contributed by atoms with Crippen molar-refractivity contribution in [1.29, 1.82) is 0 Å². The highest BCUT2D eigenvalue weighted by Crippen LogP contribution is 2.18. The first-order valence-corrected chi connectivity index (χ1v) is 10.2. The van der Waals surface area contributed by atoms with Gasteiger partial charge in [0, 0.05) is 26.7 Å². The standard InChI is InChI=1S/C18H27N3O3S/c1-3-4-13-21(2)18(22)16-7-5-6-8-17(16)25(23,24)20-14-15-9-11-19-12-10-15/h5-9,19-20H,3-4,10-14H2,1-2H3. The van der Waals surface area contributed by atoms with E-state index in [4.69, 9.17) is 0 Å². The molecular weight excluding hydrogens is 338 g/mol. The highest BCUT2D eigenvalue weighted by atomic mass is 32.2. The molecule has 0 fully saturated rings. The van der Waals surface area contributed by atoms with Gasteiger partial charge in [-0.25, -0.2) is 13.1 Å². The summed E-state index contributed by atoms with van der Waals surface area (Å²) in [6.45, 7) is 4.55. The monoisotopic (exact) mass is 365 g/mol. The molecule has 0 aromatic heterocycles. The second-order valence-corrected chi connectivity index (χ2v) is 7.95. The first kappa shape index (κ1) is 19.6. The minimum atomic E-state index is -3.75. The molecule has 2 N–H and O–H groups in total. The average molecular weight is 365 g/mol. The molecule has 0 bridgehead atoms. The summed E-state index contributed by atoms with van der Waals surface area (Å²) in [4.78, 5) is 14.3. The molecule has 7 heteroatoms. The lowest BCUT2D eigenvalue weighted by Crippen LogP contribution is -2.33. The van der Waals surface area contributed by atoms with Gasteiger partial charge >= 0.3 is 0 Å². The van der Waals surface area contributed by atoms with Gasteiger partial charge in [-0.1, -0.05) is 37.1 Å². The Morgan fingerprint density at radius 3 is 2.76 bits per heavy atom. The van der Waals surface area contributed by atoms with Crippen LogP contribution in [0.2, 0.25) is 0 Å². The number of carbonyl (C=O) groups excluding carboxylic acids is 1. The van der Waals surface area contributed by atoms with Crippen molar-refractivity contribution >= 4 is 15.9 Å². The number of benzene rings is 1. The van der Waals surface area contributed by atoms with E-state index in [2.05, 4.69) is 17.0 Å². The summed E-state index contributed by atoms with van der Waals surface area (Å²) in [6.07, 6.45) is 4.69. The van der Waals surface area contributed by atoms with Crippen molar-refractivity contribution in [3.63, 3.8) is 0 Å². The van der Waals surface area contributed by atoms with Gasteiger partial charge in [-0.2, -0.15) is 0 Å². The van der Waals surface area contributed by atoms with Crippen LogP contribution in [0.4, 0.5) is 0 Å². The van der Waals surface area contributed by atoms with E-state index in [1.165, 1.54) is 6.07 Å². The summed E-state index contributed by atoms with van der Waals surface area (Å²) in [6, 6.07) is 6.39. The van der Waals surface area contributed by atoms with Crippen molar-refractivity contribution in [1.82, 2.24) is 14.9 Å². The number of hydrogen-bond acceptors (Lipinski definition) is 4. The molecule has 2 rings (SSSR count). The summed E-state index contributed by atoms with van der Waals surface area (Å²) >= 11 is 0. The molecule has 0 saturated heterocycles. The van der Waals surface area contributed by atoms with E-state index < -0.39 is 10.0 Å². The van der Waals surface area contributed by atoms with Crippen molar-refractivity contribution < 1.29 is 13.2 Å². The number of amides is 1. The number of unbranched alkanes of at least 4 members (excludes halogenated alkanes) is 1. The van der Waals surface area contributed by atoms with Crippen LogP contribution in [0.3, 0.4) is 0 Å². The third kappa shape index (κ3) is 5.39. The number of hydrogen-bond donors (Lipinski definition) is 2. The van der Waals surface area contributed by atoms with Crippen LogP contribution in [0.1, 0.15) is 36.5 Å². The SMILES string of the molecule is CCCCN(C)C(=O)c1ccccc1S(=O)(=O)NCC1=CCNCC1. The maximum atomic E-state index is 12.7. The van der Waals surface area contributed by atoms with Crippen LogP contribution >= 0.6 is 0 Å². The quantitative estimate of drug-likeness (QED) is 0.688. The predicted octanol–water partition coefficient (Wildman–Crippen LogP) is 1.76. The number of nitrogens with one attached hydrogen (secondary N) is 2. The summed E-state index contributed by atoms with van der Waals surface area (Å²) in [5.41, 5.74) is 1.28. The van der Waals surface area contributed by atoms with Crippen molar-refractivity contribution in [3.8, 4) is 0 Å². The van der Waals surface area contributed by atoms with Crippen LogP contribution < -0.4 is 10.0 Å². The fourth-order valence-corrected chi connectivity index (χ4v) is 3.91. The van der Waals surface area contributed by atoms with Gasteiger partial charge in [-0.15, -0.1) is 0 Å². The topological polar surface area (TPSA) is 78.5 Å². The maximum Gasteiger partial charge on any atom is 0.254 e. The minimum absolute atomic E-state index is 0.0397. The number of nitrogens with zero attached hydrogens (tertiary/aromatic N) is 1. The van der Waals surface area contributed by atoms with Crippen LogP contribution in [0.25, 0.3) is 0 Å². The summed E-state index contributed by atoms with van der Waals surface area (Å²) in [7, 11) is -2.05. The second-order valence-electron chi connectivity index (χ2n) is 6.22. The highest BCUT2D eigenvalue weighted by molar-refractivity contribution is 7.89. The van der Waals surface area contributed by atoms with Crippen LogP contribution in [0, 0.1) is 0 Å². The van der Waals surface area contributed by atoms with Gasteiger partial charge in [0.15, 0.2) is 0 Å². The van der Waals surface area contributed by atoms with Gasteiger partial charge in [0.05, 0.1) is 10.5 Å². The largest absolute Gasteiger partial charge is 0.342 e. The Morgan fingerprint density at radius 1 is 1.32 bits per heavy atom. The van der Waals surface area contributed by atoms with Crippen molar-refractivity contribution in [2.45, 2.75) is 31.1 Å². The summed E-state index contributed by atoms with van der Waals surface area (Å²) in [5, 5.41) is 3.19. The lowest BCUT2D eigenvalue weighted by Gasteiger charge is -2.19. The van der Waals surface area contributed by atoms with Gasteiger partial charge in [-0.05, 0) is 31.5 Å². The van der Waals surface area contributed by atoms with Crippen molar-refractivity contribution in [3.05, 3.63) is 41.5 Å². The summed E-state index contributed by atoms with van der Waals surface area (Å²) < 4.78 is 28.1. The molecule has 1 aromatic carbocycles. The lowest BCUT2D eigenvalue weighted by atomic mass is 10.1. The van der Waals surface area contributed by atoms with Crippen LogP contribution in [-0.2, 0) is 10.0 Å². The van der Waals surface area contributed by atoms with E-state index in [9.17, 15) is 13.2 Å². The molecule has 1 heterocycles. The van der Waals surface area contributed by atoms with E-state index >= 15 is 0 Å². The van der Waals surface area contributed by atoms with E-state index in [-0.39, 0.29) is 22.9 Å². The first-order chi connectivity index (χ1) is 12.0. The average Bonchev–Trinajstić information content (AvgIpc) is 2.64. The molecule has 0 aliphatic carbocycles. The molecule has 1 aliphatic heterocycles. The molecule has 25 heavy (non-hydrogen) atoms. The van der Waals surface area contributed by atoms with Gasteiger partial charge in [-0.3, -0.25) is 4.79 Å². The molecule has 0 saturated carbocycles. The van der Waals surface area contributed by atoms with Crippen molar-refractivity contribution in [2.24, 2.45) is 0 Å². The predicted molar refractivity (Wildman–Crippen MR) is 99.1 cm³/mol. The van der Waals surface area contributed by atoms with Crippen LogP contribution in [0.15, 0.2) is 40.8 Å². The van der Waals surface area contributed by atoms with E-state index in [0.29, 0.717) is 6.54 Å². The van der Waals surface area contributed by atoms with Gasteiger partial charge in [0.2, 0.25) is 10.0 Å². The third-order valence-electron chi connectivity index (χ3n) is 4.25. The molecular formula is C18H27N3O3S. The molecule has 138 valence electrons. The Balaban J connectivity index is 2.17. The van der Waals surface area contributed by atoms with Gasteiger partial charge in [0.1, 0.15) is 0 Å². The fraction of sp³-hybridized carbons (Fsp3) is 0.500. The molecule has 1 aromatic rings. The Kier molecular flexibility index (Phi) is 7.16. The second kappa shape index (κ2) is 9.12. The number of sulfonamides is 1.